The highest BCUT2D eigenvalue weighted by molar-refractivity contribution is 5.96. The number of hydrogen-bond donors (Lipinski definition) is 6. The first kappa shape index (κ1) is 46.5. The number of nitrogens with two attached hydrogens (primary N) is 1. The van der Waals surface area contributed by atoms with Crippen molar-refractivity contribution >= 4 is 35.5 Å². The number of benzene rings is 1. The zero-order chi connectivity index (χ0) is 43.9. The van der Waals surface area contributed by atoms with Crippen molar-refractivity contribution in [3.8, 4) is 0 Å². The summed E-state index contributed by atoms with van der Waals surface area (Å²) < 4.78 is 6.21. The molecule has 0 spiro atoms. The summed E-state index contributed by atoms with van der Waals surface area (Å²) in [5.74, 6) is -5.09. The van der Waals surface area contributed by atoms with Crippen LogP contribution in [0.3, 0.4) is 0 Å². The Morgan fingerprint density at radius 2 is 1.58 bits per heavy atom. The molecular formula is C46H68N6O8. The largest absolute Gasteiger partial charge is 0.460 e. The minimum Gasteiger partial charge on any atom is -0.460 e. The average Bonchev–Trinajstić information content (AvgIpc) is 3.22. The van der Waals surface area contributed by atoms with Gasteiger partial charge in [-0.05, 0) is 63.4 Å². The Kier molecular flexibility index (Phi) is 15.4. The zero-order valence-corrected chi connectivity index (χ0v) is 36.6. The van der Waals surface area contributed by atoms with E-state index in [0.717, 1.165) is 43.2 Å². The zero-order valence-electron chi connectivity index (χ0n) is 36.6. The molecule has 0 bridgehead atoms. The van der Waals surface area contributed by atoms with Crippen LogP contribution >= 0.6 is 0 Å². The molecule has 1 aromatic carbocycles. The monoisotopic (exact) mass is 833 g/mol. The first-order valence-corrected chi connectivity index (χ1v) is 22.0. The van der Waals surface area contributed by atoms with Crippen LogP contribution in [-0.2, 0) is 38.9 Å². The van der Waals surface area contributed by atoms with E-state index in [1.807, 2.05) is 32.0 Å². The molecule has 4 aliphatic rings. The fraction of sp³-hybridized carbons (Fsp3) is 0.652. The van der Waals surface area contributed by atoms with Gasteiger partial charge in [-0.3, -0.25) is 28.8 Å². The van der Waals surface area contributed by atoms with Gasteiger partial charge >= 0.3 is 5.97 Å². The summed E-state index contributed by atoms with van der Waals surface area (Å²) in [4.78, 5) is 85.9. The van der Waals surface area contributed by atoms with Crippen LogP contribution in [0.5, 0.6) is 0 Å². The molecule has 5 amide bonds. The van der Waals surface area contributed by atoms with Crippen LogP contribution in [0, 0.1) is 23.2 Å². The molecule has 330 valence electrons. The van der Waals surface area contributed by atoms with Crippen LogP contribution in [0.15, 0.2) is 53.6 Å². The Morgan fingerprint density at radius 3 is 2.20 bits per heavy atom. The maximum atomic E-state index is 15.0. The van der Waals surface area contributed by atoms with Crippen LogP contribution in [0.1, 0.15) is 111 Å². The van der Waals surface area contributed by atoms with Crippen molar-refractivity contribution in [3.05, 3.63) is 59.2 Å². The lowest BCUT2D eigenvalue weighted by molar-refractivity contribution is -0.160. The number of esters is 1. The number of nitrogens with zero attached hydrogens (tertiary/aromatic N) is 1. The minimum absolute atomic E-state index is 0.0177. The van der Waals surface area contributed by atoms with E-state index >= 15 is 4.79 Å². The standard InChI is InChI=1S/C46H68N6O8/c1-8-15-32-33-23-36-31(24-45(33,5)20-21-46(32,6)30-18-13-10-14-19-30)44(59)52(7)35(22-27(2)3)41(56)51-39(29-16-11-9-12-17-29)43(58)49-34(25-47)40(55)50-38(28(4)53)42(57)48-26-37(54)60-36/h10,13-14,18-21,27-29,31,34-36,38-39,53H,8-9,11-12,15-17,22-26,47H2,1-7H3,(H,48,57)(H,49,58)(H,50,55)(H,51,56)/t28-,31+,34-,35-,36+,38-,39-,45?,46?/m0/s1. The van der Waals surface area contributed by atoms with E-state index in [4.69, 9.17) is 10.5 Å². The fourth-order valence-corrected chi connectivity index (χ4v) is 9.82. The summed E-state index contributed by atoms with van der Waals surface area (Å²) in [6.45, 7) is 10.7. The predicted molar refractivity (Wildman–Crippen MR) is 228 cm³/mol. The van der Waals surface area contributed by atoms with Gasteiger partial charge in [0, 0.05) is 30.8 Å². The molecule has 2 saturated carbocycles. The third-order valence-electron chi connectivity index (χ3n) is 13.3. The third-order valence-corrected chi connectivity index (χ3v) is 13.3. The first-order valence-electron chi connectivity index (χ1n) is 22.0. The highest BCUT2D eigenvalue weighted by atomic mass is 16.5. The molecular weight excluding hydrogens is 765 g/mol. The van der Waals surface area contributed by atoms with E-state index in [1.54, 1.807) is 7.05 Å². The molecule has 3 fully saturated rings. The number of fused-ring (bicyclic) bond motifs is 2. The summed E-state index contributed by atoms with van der Waals surface area (Å²) in [5, 5.41) is 21.2. The van der Waals surface area contributed by atoms with Gasteiger partial charge in [0.15, 0.2) is 0 Å². The second-order valence-corrected chi connectivity index (χ2v) is 18.3. The highest BCUT2D eigenvalue weighted by Crippen LogP contribution is 2.55. The second kappa shape index (κ2) is 19.9. The number of aliphatic hydroxyl groups is 1. The van der Waals surface area contributed by atoms with Gasteiger partial charge in [-0.2, -0.15) is 0 Å². The number of allylic oxidation sites excluding steroid dienone is 3. The van der Waals surface area contributed by atoms with Crippen LogP contribution in [0.2, 0.25) is 0 Å². The number of carbonyl (C=O) groups excluding carboxylic acids is 6. The molecule has 3 aliphatic carbocycles. The third kappa shape index (κ3) is 10.3. The van der Waals surface area contributed by atoms with Gasteiger partial charge in [0.05, 0.1) is 12.0 Å². The molecule has 0 aromatic heterocycles. The van der Waals surface area contributed by atoms with Crippen molar-refractivity contribution in [1.82, 2.24) is 26.2 Å². The average molecular weight is 833 g/mol. The topological polar surface area (TPSA) is 209 Å². The van der Waals surface area contributed by atoms with Crippen molar-refractivity contribution in [1.29, 1.82) is 0 Å². The van der Waals surface area contributed by atoms with Crippen molar-refractivity contribution < 1.29 is 38.6 Å². The number of hydrogen-bond acceptors (Lipinski definition) is 9. The summed E-state index contributed by atoms with van der Waals surface area (Å²) in [5.41, 5.74) is 8.37. The summed E-state index contributed by atoms with van der Waals surface area (Å²) in [6.07, 6.45) is 8.61. The lowest BCUT2D eigenvalue weighted by atomic mass is 9.56. The van der Waals surface area contributed by atoms with E-state index in [1.165, 1.54) is 17.4 Å². The number of aliphatic hydroxyl groups excluding tert-OH is 1. The summed E-state index contributed by atoms with van der Waals surface area (Å²) in [7, 11) is 1.59. The van der Waals surface area contributed by atoms with Gasteiger partial charge in [-0.1, -0.05) is 107 Å². The molecule has 5 rings (SSSR count). The molecule has 1 aliphatic heterocycles. The van der Waals surface area contributed by atoms with Gasteiger partial charge in [0.2, 0.25) is 29.5 Å². The van der Waals surface area contributed by atoms with Crippen LogP contribution in [0.25, 0.3) is 0 Å². The van der Waals surface area contributed by atoms with Gasteiger partial charge in [0.25, 0.3) is 0 Å². The Labute approximate surface area is 355 Å². The van der Waals surface area contributed by atoms with Gasteiger partial charge in [0.1, 0.15) is 36.8 Å². The van der Waals surface area contributed by atoms with E-state index in [-0.39, 0.29) is 30.7 Å². The SMILES string of the molecule is CCCC1=C2C[C@H]3OC(=O)CNC(=O)[C@H]([C@H](C)O)NC(=O)[C@H](CN)NC(=O)[C@H](C4CCCCC4)NC(=O)[C@H](CC(C)C)N(C)C(=O)[C@@H]3CC2(C)C=CC1(C)c1ccccc1. The van der Waals surface area contributed by atoms with Gasteiger partial charge in [-0.25, -0.2) is 0 Å². The Hall–Kier alpha value is -4.56. The van der Waals surface area contributed by atoms with E-state index in [2.05, 4.69) is 66.3 Å². The van der Waals surface area contributed by atoms with Crippen molar-refractivity contribution in [3.63, 3.8) is 0 Å². The molecule has 7 N–H and O–H groups in total. The quantitative estimate of drug-likeness (QED) is 0.168. The Bertz CT molecular complexity index is 1810. The molecule has 1 aromatic rings. The van der Waals surface area contributed by atoms with Crippen LogP contribution < -0.4 is 27.0 Å². The van der Waals surface area contributed by atoms with E-state index in [9.17, 15) is 29.1 Å². The summed E-state index contributed by atoms with van der Waals surface area (Å²) in [6, 6.07) is 5.41. The molecule has 2 unspecified atom stereocenters. The van der Waals surface area contributed by atoms with Crippen LogP contribution in [0.4, 0.5) is 0 Å². The molecule has 14 nitrogen and oxygen atoms in total. The van der Waals surface area contributed by atoms with Gasteiger partial charge in [-0.15, -0.1) is 0 Å². The number of likely N-dealkylation sites (N-methyl/N-ethyl adjacent to an activating group) is 1. The number of carbonyl (C=O) groups is 6. The number of amides is 5. The van der Waals surface area contributed by atoms with Crippen LogP contribution in [-0.4, -0.2) is 102 Å². The van der Waals surface area contributed by atoms with Crippen molar-refractivity contribution in [2.24, 2.45) is 28.9 Å². The van der Waals surface area contributed by atoms with E-state index < -0.39 is 89.3 Å². The van der Waals surface area contributed by atoms with Crippen molar-refractivity contribution in [2.45, 2.75) is 148 Å². The minimum atomic E-state index is -1.51. The summed E-state index contributed by atoms with van der Waals surface area (Å²) >= 11 is 0. The molecule has 1 saturated heterocycles. The maximum absolute atomic E-state index is 15.0. The number of nitrogens with one attached hydrogen (secondary N) is 4. The fourth-order valence-electron chi connectivity index (χ4n) is 9.82. The molecule has 9 atom stereocenters. The Morgan fingerprint density at radius 1 is 0.900 bits per heavy atom. The number of rotatable bonds is 8. The Balaban J connectivity index is 1.60. The molecule has 1 heterocycles. The predicted octanol–water partition coefficient (Wildman–Crippen LogP) is 3.32. The molecule has 14 heteroatoms. The number of ether oxygens (including phenoxy) is 1. The molecule has 0 radical (unpaired) electrons. The highest BCUT2D eigenvalue weighted by Gasteiger charge is 2.51. The lowest BCUT2D eigenvalue weighted by Gasteiger charge is -2.49. The first-order chi connectivity index (χ1) is 28.4. The van der Waals surface area contributed by atoms with Gasteiger partial charge < -0.3 is 41.7 Å². The van der Waals surface area contributed by atoms with Crippen molar-refractivity contribution in [2.75, 3.05) is 20.1 Å². The second-order valence-electron chi connectivity index (χ2n) is 18.3. The lowest BCUT2D eigenvalue weighted by Crippen LogP contribution is -2.62. The molecule has 60 heavy (non-hydrogen) atoms. The normalized spacial score (nSPS) is 32.3. The smallest absolute Gasteiger partial charge is 0.325 e. The van der Waals surface area contributed by atoms with E-state index in [0.29, 0.717) is 25.7 Å². The maximum Gasteiger partial charge on any atom is 0.325 e.